The third-order valence-electron chi connectivity index (χ3n) is 1.28. The Morgan fingerprint density at radius 2 is 2.10 bits per heavy atom. The summed E-state index contributed by atoms with van der Waals surface area (Å²) >= 11 is 11.3. The molecule has 0 N–H and O–H groups in total. The van der Waals surface area contributed by atoms with Crippen LogP contribution in [0, 0.1) is 6.92 Å². The van der Waals surface area contributed by atoms with Gasteiger partial charge >= 0.3 is 0 Å². The topological polar surface area (TPSA) is 0 Å². The lowest BCUT2D eigenvalue weighted by molar-refractivity contribution is 1.54. The van der Waals surface area contributed by atoms with E-state index in [0.29, 0.717) is 0 Å². The number of hydrogen-bond donors (Lipinski definition) is 0. The van der Waals surface area contributed by atoms with Crippen molar-refractivity contribution in [2.45, 2.75) is 6.92 Å². The van der Waals surface area contributed by atoms with E-state index in [1.807, 2.05) is 6.92 Å². The maximum atomic E-state index is 4.83. The van der Waals surface area contributed by atoms with Crippen molar-refractivity contribution in [1.82, 2.24) is 0 Å². The van der Waals surface area contributed by atoms with Crippen LogP contribution in [-0.2, 0) is 0 Å². The number of aryl methyl sites for hydroxylation is 1. The Kier molecular flexibility index (Phi) is 2.65. The van der Waals surface area contributed by atoms with E-state index in [-0.39, 0.29) is 0 Å². The predicted octanol–water partition coefficient (Wildman–Crippen LogP) is 2.75. The molecule has 0 saturated carbocycles. The van der Waals surface area contributed by atoms with Crippen molar-refractivity contribution < 1.29 is 0 Å². The van der Waals surface area contributed by atoms with Gasteiger partial charge in [-0.15, -0.1) is 11.3 Å². The zero-order chi connectivity index (χ0) is 7.56. The van der Waals surface area contributed by atoms with Crippen LogP contribution in [0.15, 0.2) is 5.38 Å². The fourth-order valence-electron chi connectivity index (χ4n) is 0.715. The molecular weight excluding hydrogens is 180 g/mol. The van der Waals surface area contributed by atoms with E-state index in [2.05, 4.69) is 5.38 Å². The van der Waals surface area contributed by atoms with Crippen molar-refractivity contribution in [3.8, 4) is 0 Å². The molecule has 0 unspecified atom stereocenters. The van der Waals surface area contributed by atoms with E-state index in [9.17, 15) is 0 Å². The third-order valence-corrected chi connectivity index (χ3v) is 2.96. The molecule has 1 aromatic heterocycles. The second-order valence-corrected chi connectivity index (χ2v) is 3.31. The minimum absolute atomic E-state index is 1.10. The van der Waals surface area contributed by atoms with Gasteiger partial charge in [-0.2, -0.15) is 0 Å². The number of thiocarbonyl (C=S) groups is 2. The maximum absolute atomic E-state index is 4.83. The van der Waals surface area contributed by atoms with Crippen LogP contribution in [0.5, 0.6) is 0 Å². The molecule has 0 spiro atoms. The molecule has 0 amide bonds. The molecule has 1 heterocycles. The van der Waals surface area contributed by atoms with Crippen molar-refractivity contribution in [3.63, 3.8) is 0 Å². The number of rotatable bonds is 2. The summed E-state index contributed by atoms with van der Waals surface area (Å²) in [5, 5.41) is 5.43. The largest absolute Gasteiger partial charge is 0.143 e. The normalized spacial score (nSPS) is 9.30. The van der Waals surface area contributed by atoms with E-state index < -0.39 is 0 Å². The molecule has 0 bridgehead atoms. The standard InChI is InChI=1S/C7H6S3/c1-5-4-10-7(3-9)6(5)2-8/h2-4H,1H3. The summed E-state index contributed by atoms with van der Waals surface area (Å²) in [5.74, 6) is 0. The van der Waals surface area contributed by atoms with E-state index in [0.717, 1.165) is 10.4 Å². The lowest BCUT2D eigenvalue weighted by Gasteiger charge is -1.88. The van der Waals surface area contributed by atoms with Gasteiger partial charge in [0.2, 0.25) is 0 Å². The van der Waals surface area contributed by atoms with Gasteiger partial charge in [0.1, 0.15) is 0 Å². The van der Waals surface area contributed by atoms with Crippen LogP contribution >= 0.6 is 35.8 Å². The molecule has 52 valence electrons. The smallest absolute Gasteiger partial charge is 0.0461 e. The summed E-state index contributed by atoms with van der Waals surface area (Å²) in [6.07, 6.45) is 0. The average Bonchev–Trinajstić information content (AvgIpc) is 2.30. The Labute approximate surface area is 74.9 Å². The molecule has 0 aliphatic heterocycles. The highest BCUT2D eigenvalue weighted by atomic mass is 32.1. The van der Waals surface area contributed by atoms with Crippen molar-refractivity contribution in [3.05, 3.63) is 21.4 Å². The van der Waals surface area contributed by atoms with Crippen LogP contribution in [-0.4, -0.2) is 10.7 Å². The van der Waals surface area contributed by atoms with Crippen molar-refractivity contribution in [2.75, 3.05) is 0 Å². The first-order valence-electron chi connectivity index (χ1n) is 2.78. The summed E-state index contributed by atoms with van der Waals surface area (Å²) in [7, 11) is 0. The monoisotopic (exact) mass is 186 g/mol. The first kappa shape index (κ1) is 7.98. The van der Waals surface area contributed by atoms with Gasteiger partial charge in [-0.1, -0.05) is 24.4 Å². The molecular formula is C7H6S3. The lowest BCUT2D eigenvalue weighted by Crippen LogP contribution is -1.82. The molecule has 0 saturated heterocycles. The van der Waals surface area contributed by atoms with Crippen LogP contribution in [0.25, 0.3) is 0 Å². The molecule has 0 radical (unpaired) electrons. The van der Waals surface area contributed by atoms with E-state index >= 15 is 0 Å². The van der Waals surface area contributed by atoms with Gasteiger partial charge in [0.15, 0.2) is 0 Å². The van der Waals surface area contributed by atoms with Gasteiger partial charge in [-0.3, -0.25) is 0 Å². The second-order valence-electron chi connectivity index (χ2n) is 1.93. The average molecular weight is 186 g/mol. The number of hydrogen-bond acceptors (Lipinski definition) is 3. The summed E-state index contributed by atoms with van der Waals surface area (Å²) in [5.41, 5.74) is 2.33. The molecule has 0 aromatic carbocycles. The first-order valence-corrected chi connectivity index (χ1v) is 4.60. The zero-order valence-corrected chi connectivity index (χ0v) is 7.91. The highest BCUT2D eigenvalue weighted by Gasteiger charge is 2.01. The summed E-state index contributed by atoms with van der Waals surface area (Å²) in [6.45, 7) is 2.04. The zero-order valence-electron chi connectivity index (χ0n) is 5.46. The van der Waals surface area contributed by atoms with Crippen LogP contribution in [0.1, 0.15) is 16.0 Å². The molecule has 0 fully saturated rings. The Bertz CT molecular complexity index is 260. The Hall–Kier alpha value is -0.120. The molecule has 3 heteroatoms. The predicted molar refractivity (Wildman–Crippen MR) is 54.6 cm³/mol. The van der Waals surface area contributed by atoms with Crippen LogP contribution in [0.2, 0.25) is 0 Å². The molecule has 1 rings (SSSR count). The summed E-state index contributed by atoms with van der Waals surface area (Å²) < 4.78 is 0. The van der Waals surface area contributed by atoms with Crippen molar-refractivity contribution in [1.29, 1.82) is 0 Å². The van der Waals surface area contributed by atoms with E-state index in [1.54, 1.807) is 22.1 Å². The molecule has 0 aliphatic rings. The third kappa shape index (κ3) is 1.31. The lowest BCUT2D eigenvalue weighted by atomic mass is 10.2. The van der Waals surface area contributed by atoms with Gasteiger partial charge in [-0.05, 0) is 17.9 Å². The Morgan fingerprint density at radius 3 is 2.50 bits per heavy atom. The number of thiophene rings is 1. The Morgan fingerprint density at radius 1 is 1.40 bits per heavy atom. The molecule has 0 atom stereocenters. The summed E-state index contributed by atoms with van der Waals surface area (Å²) in [6, 6.07) is 0. The first-order chi connectivity index (χ1) is 4.79. The minimum atomic E-state index is 1.10. The molecule has 0 nitrogen and oxygen atoms in total. The van der Waals surface area contributed by atoms with Crippen molar-refractivity contribution >= 4 is 46.5 Å². The van der Waals surface area contributed by atoms with Gasteiger partial charge in [0.05, 0.1) is 0 Å². The van der Waals surface area contributed by atoms with Gasteiger partial charge < -0.3 is 0 Å². The Balaban J connectivity index is 3.25. The van der Waals surface area contributed by atoms with Crippen molar-refractivity contribution in [2.24, 2.45) is 0 Å². The van der Waals surface area contributed by atoms with Crippen LogP contribution < -0.4 is 0 Å². The van der Waals surface area contributed by atoms with Gasteiger partial charge in [-0.25, -0.2) is 0 Å². The second kappa shape index (κ2) is 3.32. The fraction of sp³-hybridized carbons (Fsp3) is 0.143. The highest BCUT2D eigenvalue weighted by molar-refractivity contribution is 7.80. The van der Waals surface area contributed by atoms with Gasteiger partial charge in [0, 0.05) is 21.2 Å². The SMILES string of the molecule is Cc1csc(C=S)c1C=S. The van der Waals surface area contributed by atoms with E-state index in [4.69, 9.17) is 24.4 Å². The minimum Gasteiger partial charge on any atom is -0.143 e. The van der Waals surface area contributed by atoms with Crippen LogP contribution in [0.4, 0.5) is 0 Å². The van der Waals surface area contributed by atoms with E-state index in [1.165, 1.54) is 5.56 Å². The molecule has 1 aromatic rings. The van der Waals surface area contributed by atoms with Gasteiger partial charge in [0.25, 0.3) is 0 Å². The summed E-state index contributed by atoms with van der Waals surface area (Å²) in [4.78, 5) is 1.10. The van der Waals surface area contributed by atoms with Crippen LogP contribution in [0.3, 0.4) is 0 Å². The molecule has 0 aliphatic carbocycles. The molecule has 10 heavy (non-hydrogen) atoms. The fourth-order valence-corrected chi connectivity index (χ4v) is 2.23. The maximum Gasteiger partial charge on any atom is 0.0461 e. The quantitative estimate of drug-likeness (QED) is 0.651. The highest BCUT2D eigenvalue weighted by Crippen LogP contribution is 2.18.